The molecule has 0 saturated carbocycles. The maximum absolute atomic E-state index is 9.48. The highest BCUT2D eigenvalue weighted by Crippen LogP contribution is 2.25. The molecule has 4 rings (SSSR count). The van der Waals surface area contributed by atoms with Gasteiger partial charge in [0.2, 0.25) is 12.4 Å². The molecule has 0 radical (unpaired) electrons. The molecule has 2 aromatic carbocycles. The third kappa shape index (κ3) is 2.79. The Morgan fingerprint density at radius 2 is 0.933 bits per heavy atom. The summed E-state index contributed by atoms with van der Waals surface area (Å²) in [5, 5.41) is 39.6. The fourth-order valence-electron chi connectivity index (χ4n) is 3.65. The van der Waals surface area contributed by atoms with Crippen LogP contribution in [-0.2, 0) is 0 Å². The molecule has 0 aromatic heterocycles. The van der Waals surface area contributed by atoms with Crippen molar-refractivity contribution in [3.63, 3.8) is 0 Å². The lowest BCUT2D eigenvalue weighted by Crippen LogP contribution is -2.04. The fourth-order valence-corrected chi connectivity index (χ4v) is 3.65. The maximum atomic E-state index is 9.48. The van der Waals surface area contributed by atoms with Crippen LogP contribution < -0.4 is 10.7 Å². The first-order valence-corrected chi connectivity index (χ1v) is 8.85. The van der Waals surface area contributed by atoms with Crippen molar-refractivity contribution < 1.29 is 0 Å². The maximum Gasteiger partial charge on any atom is 0.206 e. The molecule has 0 aliphatic heterocycles. The van der Waals surface area contributed by atoms with Crippen molar-refractivity contribution in [2.45, 2.75) is 0 Å². The second-order valence-electron chi connectivity index (χ2n) is 6.38. The first-order chi connectivity index (χ1) is 14.7. The van der Waals surface area contributed by atoms with Crippen LogP contribution in [0, 0.1) is 56.0 Å². The molecule has 0 bridgehead atoms. The van der Waals surface area contributed by atoms with E-state index in [1.54, 1.807) is 60.7 Å². The predicted molar refractivity (Wildman–Crippen MR) is 107 cm³/mol. The number of nitriles is 4. The molecule has 0 heterocycles. The van der Waals surface area contributed by atoms with Gasteiger partial charge in [-0.05, 0) is 24.3 Å². The molecule has 0 unspecified atom stereocenters. The van der Waals surface area contributed by atoms with Crippen molar-refractivity contribution in [3.05, 3.63) is 92.9 Å². The molecule has 6 heteroatoms. The summed E-state index contributed by atoms with van der Waals surface area (Å²) in [7, 11) is 0. The summed E-state index contributed by atoms with van der Waals surface area (Å²) in [6, 6.07) is 22.0. The van der Waals surface area contributed by atoms with Crippen molar-refractivity contribution in [2.24, 2.45) is 9.98 Å². The highest BCUT2D eigenvalue weighted by molar-refractivity contribution is 5.75. The Labute approximate surface area is 171 Å². The minimum Gasteiger partial charge on any atom is -0.192 e. The van der Waals surface area contributed by atoms with E-state index >= 15 is 0 Å². The number of benzene rings is 2. The van der Waals surface area contributed by atoms with Crippen LogP contribution in [0.2, 0.25) is 0 Å². The summed E-state index contributed by atoms with van der Waals surface area (Å²) in [5.41, 5.74) is 3.43. The number of nitrogens with zero attached hydrogens (tertiary/aromatic N) is 6. The van der Waals surface area contributed by atoms with E-state index in [1.807, 2.05) is 12.4 Å². The molecular formula is C24H10N6. The highest BCUT2D eigenvalue weighted by Gasteiger charge is 2.17. The van der Waals surface area contributed by atoms with Crippen molar-refractivity contribution in [1.82, 2.24) is 0 Å². The average Bonchev–Trinajstić information content (AvgIpc) is 3.31. The molecule has 0 amide bonds. The van der Waals surface area contributed by atoms with Crippen LogP contribution >= 0.6 is 0 Å². The van der Waals surface area contributed by atoms with E-state index in [2.05, 4.69) is 22.1 Å². The van der Waals surface area contributed by atoms with Gasteiger partial charge in [0, 0.05) is 32.7 Å². The Morgan fingerprint density at radius 3 is 1.30 bits per heavy atom. The molecule has 0 spiro atoms. The molecule has 30 heavy (non-hydrogen) atoms. The summed E-state index contributed by atoms with van der Waals surface area (Å²) in [6.45, 7) is 0. The van der Waals surface area contributed by atoms with Gasteiger partial charge < -0.3 is 0 Å². The average molecular weight is 382 g/mol. The minimum absolute atomic E-state index is 0.408. The fraction of sp³-hybridized carbons (Fsp3) is 0. The van der Waals surface area contributed by atoms with Crippen molar-refractivity contribution in [2.75, 3.05) is 0 Å². The molecule has 6 nitrogen and oxygen atoms in total. The normalized spacial score (nSPS) is 11.6. The van der Waals surface area contributed by atoms with Crippen LogP contribution in [0.25, 0.3) is 22.3 Å². The van der Waals surface area contributed by atoms with Gasteiger partial charge in [0.15, 0.2) is 0 Å². The summed E-state index contributed by atoms with van der Waals surface area (Å²) in [4.78, 5) is 8.01. The third-order valence-corrected chi connectivity index (χ3v) is 4.89. The Balaban J connectivity index is 2.16. The van der Waals surface area contributed by atoms with E-state index in [0.717, 1.165) is 0 Å². The zero-order valence-electron chi connectivity index (χ0n) is 15.5. The monoisotopic (exact) mass is 382 g/mol. The molecular weight excluding hydrogens is 372 g/mol. The second-order valence-corrected chi connectivity index (χ2v) is 6.38. The SMILES string of the molecule is N#CN=c1c(-c2ccccc2C#N)cc2c(=NC#N)c(-c3ccccc3C#N)cc1=2. The topological polar surface area (TPSA) is 120 Å². The quantitative estimate of drug-likeness (QED) is 0.495. The number of hydrogen-bond donors (Lipinski definition) is 0. The van der Waals surface area contributed by atoms with Crippen LogP contribution in [-0.4, -0.2) is 0 Å². The van der Waals surface area contributed by atoms with Gasteiger partial charge in [0.25, 0.3) is 0 Å². The third-order valence-electron chi connectivity index (χ3n) is 4.89. The highest BCUT2D eigenvalue weighted by atomic mass is 14.7. The van der Waals surface area contributed by atoms with Crippen LogP contribution in [0.15, 0.2) is 70.6 Å². The first-order valence-electron chi connectivity index (χ1n) is 8.85. The Hall–Kier alpha value is -5.04. The van der Waals surface area contributed by atoms with E-state index in [0.29, 0.717) is 54.5 Å². The zero-order chi connectivity index (χ0) is 21.1. The van der Waals surface area contributed by atoms with Crippen LogP contribution in [0.4, 0.5) is 0 Å². The smallest absolute Gasteiger partial charge is 0.192 e. The Bertz CT molecular complexity index is 1510. The van der Waals surface area contributed by atoms with Gasteiger partial charge in [0.05, 0.1) is 34.0 Å². The van der Waals surface area contributed by atoms with E-state index in [-0.39, 0.29) is 0 Å². The molecule has 2 aliphatic rings. The second kappa shape index (κ2) is 7.53. The van der Waals surface area contributed by atoms with E-state index in [4.69, 9.17) is 0 Å². The lowest BCUT2D eigenvalue weighted by Gasteiger charge is -2.02. The van der Waals surface area contributed by atoms with Crippen LogP contribution in [0.5, 0.6) is 0 Å². The van der Waals surface area contributed by atoms with Gasteiger partial charge in [-0.25, -0.2) is 0 Å². The Kier molecular flexibility index (Phi) is 4.60. The molecule has 2 aromatic rings. The standard InChI is InChI=1S/C24H10N6/c25-11-15-5-1-3-7-17(15)19-9-21-22(23(19)29-13-27)10-20(24(21)30-14-28)18-8-4-2-6-16(18)12-26/h1-10H. The molecule has 0 N–H and O–H groups in total. The summed E-state index contributed by atoms with van der Waals surface area (Å²) in [6.07, 6.45) is 3.65. The lowest BCUT2D eigenvalue weighted by atomic mass is 10.00. The molecule has 2 aliphatic carbocycles. The summed E-state index contributed by atoms with van der Waals surface area (Å²) >= 11 is 0. The summed E-state index contributed by atoms with van der Waals surface area (Å²) < 4.78 is 0. The van der Waals surface area contributed by atoms with Crippen LogP contribution in [0.1, 0.15) is 11.1 Å². The lowest BCUT2D eigenvalue weighted by molar-refractivity contribution is 1.31. The zero-order valence-corrected chi connectivity index (χ0v) is 15.5. The predicted octanol–water partition coefficient (Wildman–Crippen LogP) is 3.13. The van der Waals surface area contributed by atoms with Crippen LogP contribution in [0.3, 0.4) is 0 Å². The van der Waals surface area contributed by atoms with Gasteiger partial charge in [-0.3, -0.25) is 0 Å². The van der Waals surface area contributed by atoms with Gasteiger partial charge in [-0.1, -0.05) is 36.4 Å². The van der Waals surface area contributed by atoms with Gasteiger partial charge in [0.1, 0.15) is 0 Å². The minimum atomic E-state index is 0.408. The van der Waals surface area contributed by atoms with E-state index in [1.165, 1.54) is 0 Å². The van der Waals surface area contributed by atoms with Gasteiger partial charge >= 0.3 is 0 Å². The largest absolute Gasteiger partial charge is 0.206 e. The Morgan fingerprint density at radius 1 is 0.533 bits per heavy atom. The molecule has 0 atom stereocenters. The molecule has 0 saturated heterocycles. The van der Waals surface area contributed by atoms with E-state index < -0.39 is 0 Å². The molecule has 0 fully saturated rings. The summed E-state index contributed by atoms with van der Waals surface area (Å²) in [5.74, 6) is 0. The van der Waals surface area contributed by atoms with Crippen molar-refractivity contribution in [3.8, 4) is 46.8 Å². The van der Waals surface area contributed by atoms with Crippen molar-refractivity contribution >= 4 is 0 Å². The van der Waals surface area contributed by atoms with Crippen molar-refractivity contribution in [1.29, 1.82) is 21.0 Å². The number of rotatable bonds is 2. The number of hydrogen-bond acceptors (Lipinski definition) is 6. The van der Waals surface area contributed by atoms with Gasteiger partial charge in [-0.2, -0.15) is 31.0 Å². The van der Waals surface area contributed by atoms with Gasteiger partial charge in [-0.15, -0.1) is 0 Å². The molecule has 136 valence electrons. The first kappa shape index (κ1) is 18.3. The van der Waals surface area contributed by atoms with E-state index in [9.17, 15) is 21.0 Å².